The standard InChI is InChI=1S/C13H13NO3S/c15-18(16,14-11-8-17-9-11)13-7-3-5-10-4-1-2-6-12(10)13/h1-7,11,14H,8-9H2. The van der Waals surface area contributed by atoms with Gasteiger partial charge >= 0.3 is 0 Å². The first-order valence-corrected chi connectivity index (χ1v) is 7.23. The van der Waals surface area contributed by atoms with Gasteiger partial charge in [-0.2, -0.15) is 0 Å². The van der Waals surface area contributed by atoms with Crippen LogP contribution in [0.3, 0.4) is 0 Å². The zero-order chi connectivity index (χ0) is 12.6. The minimum Gasteiger partial charge on any atom is -0.378 e. The summed E-state index contributed by atoms with van der Waals surface area (Å²) >= 11 is 0. The molecule has 0 bridgehead atoms. The van der Waals surface area contributed by atoms with Gasteiger partial charge in [0.2, 0.25) is 10.0 Å². The van der Waals surface area contributed by atoms with Crippen LogP contribution in [0.15, 0.2) is 47.4 Å². The normalized spacial score (nSPS) is 16.7. The molecule has 1 fully saturated rings. The Morgan fingerprint density at radius 2 is 1.78 bits per heavy atom. The Kier molecular flexibility index (Phi) is 2.81. The van der Waals surface area contributed by atoms with Crippen LogP contribution in [-0.4, -0.2) is 27.7 Å². The van der Waals surface area contributed by atoms with Gasteiger partial charge in [-0.05, 0) is 11.5 Å². The Hall–Kier alpha value is -1.43. The summed E-state index contributed by atoms with van der Waals surface area (Å²) in [5.41, 5.74) is 0. The summed E-state index contributed by atoms with van der Waals surface area (Å²) < 4.78 is 32.2. The molecule has 1 aliphatic heterocycles. The lowest BCUT2D eigenvalue weighted by atomic mass is 10.1. The number of sulfonamides is 1. The van der Waals surface area contributed by atoms with Crippen molar-refractivity contribution in [3.63, 3.8) is 0 Å². The molecular formula is C13H13NO3S. The van der Waals surface area contributed by atoms with Crippen molar-refractivity contribution in [3.8, 4) is 0 Å². The van der Waals surface area contributed by atoms with E-state index < -0.39 is 10.0 Å². The van der Waals surface area contributed by atoms with Gasteiger partial charge in [0.25, 0.3) is 0 Å². The second kappa shape index (κ2) is 4.35. The van der Waals surface area contributed by atoms with Crippen LogP contribution < -0.4 is 4.72 Å². The van der Waals surface area contributed by atoms with E-state index in [4.69, 9.17) is 4.74 Å². The summed E-state index contributed by atoms with van der Waals surface area (Å²) in [7, 11) is -3.48. The number of hydrogen-bond acceptors (Lipinski definition) is 3. The molecule has 5 heteroatoms. The van der Waals surface area contributed by atoms with Crippen LogP contribution in [-0.2, 0) is 14.8 Å². The van der Waals surface area contributed by atoms with E-state index in [1.54, 1.807) is 12.1 Å². The predicted molar refractivity (Wildman–Crippen MR) is 68.9 cm³/mol. The molecule has 0 radical (unpaired) electrons. The third-order valence-electron chi connectivity index (χ3n) is 3.00. The maximum atomic E-state index is 12.3. The number of nitrogens with one attached hydrogen (secondary N) is 1. The number of rotatable bonds is 3. The van der Waals surface area contributed by atoms with Crippen LogP contribution in [0.25, 0.3) is 10.8 Å². The highest BCUT2D eigenvalue weighted by molar-refractivity contribution is 7.89. The third kappa shape index (κ3) is 2.01. The fourth-order valence-electron chi connectivity index (χ4n) is 2.02. The van der Waals surface area contributed by atoms with Gasteiger partial charge in [0.05, 0.1) is 24.2 Å². The molecule has 2 aromatic carbocycles. The maximum Gasteiger partial charge on any atom is 0.241 e. The highest BCUT2D eigenvalue weighted by atomic mass is 32.2. The van der Waals surface area contributed by atoms with Gasteiger partial charge in [0.1, 0.15) is 0 Å². The maximum absolute atomic E-state index is 12.3. The molecule has 1 heterocycles. The van der Waals surface area contributed by atoms with Crippen molar-refractivity contribution in [1.29, 1.82) is 0 Å². The van der Waals surface area contributed by atoms with E-state index in [0.717, 1.165) is 10.8 Å². The molecule has 0 spiro atoms. The first kappa shape index (κ1) is 11.6. The molecule has 94 valence electrons. The van der Waals surface area contributed by atoms with E-state index in [2.05, 4.69) is 4.72 Å². The summed E-state index contributed by atoms with van der Waals surface area (Å²) in [6.45, 7) is 0.897. The Morgan fingerprint density at radius 1 is 1.06 bits per heavy atom. The van der Waals surface area contributed by atoms with E-state index in [1.165, 1.54) is 0 Å². The van der Waals surface area contributed by atoms with E-state index in [9.17, 15) is 8.42 Å². The van der Waals surface area contributed by atoms with Gasteiger partial charge in [-0.1, -0.05) is 36.4 Å². The molecule has 18 heavy (non-hydrogen) atoms. The molecule has 0 saturated carbocycles. The number of fused-ring (bicyclic) bond motifs is 1. The van der Waals surface area contributed by atoms with Gasteiger partial charge in [-0.3, -0.25) is 0 Å². The molecule has 1 saturated heterocycles. The first-order chi connectivity index (χ1) is 8.67. The molecule has 1 aliphatic rings. The molecule has 0 atom stereocenters. The lowest BCUT2D eigenvalue weighted by molar-refractivity contribution is 0.00483. The summed E-state index contributed by atoms with van der Waals surface area (Å²) in [6.07, 6.45) is 0. The Morgan fingerprint density at radius 3 is 2.50 bits per heavy atom. The smallest absolute Gasteiger partial charge is 0.241 e. The quantitative estimate of drug-likeness (QED) is 0.913. The molecule has 0 unspecified atom stereocenters. The average molecular weight is 263 g/mol. The molecule has 4 nitrogen and oxygen atoms in total. The summed E-state index contributed by atoms with van der Waals surface area (Å²) in [4.78, 5) is 0.326. The van der Waals surface area contributed by atoms with Crippen molar-refractivity contribution in [2.24, 2.45) is 0 Å². The van der Waals surface area contributed by atoms with Crippen LogP contribution in [0, 0.1) is 0 Å². The van der Waals surface area contributed by atoms with Crippen LogP contribution in [0.2, 0.25) is 0 Å². The number of hydrogen-bond donors (Lipinski definition) is 1. The van der Waals surface area contributed by atoms with Crippen molar-refractivity contribution in [2.45, 2.75) is 10.9 Å². The minimum atomic E-state index is -3.48. The number of benzene rings is 2. The number of ether oxygens (including phenoxy) is 1. The van der Waals surface area contributed by atoms with E-state index in [-0.39, 0.29) is 6.04 Å². The van der Waals surface area contributed by atoms with Crippen molar-refractivity contribution in [2.75, 3.05) is 13.2 Å². The molecule has 1 N–H and O–H groups in total. The zero-order valence-corrected chi connectivity index (χ0v) is 10.5. The molecular weight excluding hydrogens is 250 g/mol. The van der Waals surface area contributed by atoms with Crippen molar-refractivity contribution in [1.82, 2.24) is 4.72 Å². The fraction of sp³-hybridized carbons (Fsp3) is 0.231. The van der Waals surface area contributed by atoms with Gasteiger partial charge in [0, 0.05) is 5.39 Å². The highest BCUT2D eigenvalue weighted by Gasteiger charge is 2.26. The van der Waals surface area contributed by atoms with Crippen molar-refractivity contribution < 1.29 is 13.2 Å². The minimum absolute atomic E-state index is 0.103. The van der Waals surface area contributed by atoms with Gasteiger partial charge in [-0.15, -0.1) is 0 Å². The van der Waals surface area contributed by atoms with Crippen molar-refractivity contribution >= 4 is 20.8 Å². The van der Waals surface area contributed by atoms with Gasteiger partial charge < -0.3 is 4.74 Å². The predicted octanol–water partition coefficient (Wildman–Crippen LogP) is 1.52. The van der Waals surface area contributed by atoms with E-state index in [1.807, 2.05) is 30.3 Å². The average Bonchev–Trinajstić information content (AvgIpc) is 2.33. The second-order valence-electron chi connectivity index (χ2n) is 4.33. The first-order valence-electron chi connectivity index (χ1n) is 5.75. The lowest BCUT2D eigenvalue weighted by Crippen LogP contribution is -2.48. The molecule has 0 aliphatic carbocycles. The van der Waals surface area contributed by atoms with E-state index in [0.29, 0.717) is 18.1 Å². The Balaban J connectivity index is 2.07. The van der Waals surface area contributed by atoms with Gasteiger partial charge in [0.15, 0.2) is 0 Å². The van der Waals surface area contributed by atoms with Crippen LogP contribution in [0.4, 0.5) is 0 Å². The van der Waals surface area contributed by atoms with Crippen LogP contribution in [0.5, 0.6) is 0 Å². The monoisotopic (exact) mass is 263 g/mol. The SMILES string of the molecule is O=S(=O)(NC1COC1)c1cccc2ccccc12. The molecule has 2 aromatic rings. The Labute approximate surface area is 106 Å². The topological polar surface area (TPSA) is 55.4 Å². The molecule has 0 aromatic heterocycles. The largest absolute Gasteiger partial charge is 0.378 e. The Bertz CT molecular complexity index is 672. The molecule has 0 amide bonds. The van der Waals surface area contributed by atoms with Crippen molar-refractivity contribution in [3.05, 3.63) is 42.5 Å². The highest BCUT2D eigenvalue weighted by Crippen LogP contribution is 2.23. The second-order valence-corrected chi connectivity index (χ2v) is 6.02. The molecule has 3 rings (SSSR count). The summed E-state index contributed by atoms with van der Waals surface area (Å²) in [5, 5.41) is 1.66. The third-order valence-corrected chi connectivity index (χ3v) is 4.58. The lowest BCUT2D eigenvalue weighted by Gasteiger charge is -2.26. The van der Waals surface area contributed by atoms with Crippen LogP contribution >= 0.6 is 0 Å². The summed E-state index contributed by atoms with van der Waals surface area (Å²) in [6, 6.07) is 12.6. The van der Waals surface area contributed by atoms with Gasteiger partial charge in [-0.25, -0.2) is 13.1 Å². The van der Waals surface area contributed by atoms with Crippen LogP contribution in [0.1, 0.15) is 0 Å². The summed E-state index contributed by atoms with van der Waals surface area (Å²) in [5.74, 6) is 0. The fourth-order valence-corrected chi connectivity index (χ4v) is 3.45. The zero-order valence-electron chi connectivity index (χ0n) is 9.67. The van der Waals surface area contributed by atoms with E-state index >= 15 is 0 Å².